The van der Waals surface area contributed by atoms with E-state index in [-0.39, 0.29) is 5.91 Å². The predicted octanol–water partition coefficient (Wildman–Crippen LogP) is 3.36. The third kappa shape index (κ3) is 3.55. The SMILES string of the molecule is C[C@H](CNC(=O)CN1c2ccccc2C[C@H]1C)c1ccccc1. The summed E-state index contributed by atoms with van der Waals surface area (Å²) in [7, 11) is 0. The van der Waals surface area contributed by atoms with E-state index in [0.29, 0.717) is 25.0 Å². The summed E-state index contributed by atoms with van der Waals surface area (Å²) in [5.74, 6) is 0.416. The van der Waals surface area contributed by atoms with Crippen LogP contribution in [0.3, 0.4) is 0 Å². The number of para-hydroxylation sites is 1. The minimum atomic E-state index is 0.0938. The van der Waals surface area contributed by atoms with Crippen molar-refractivity contribution in [2.45, 2.75) is 32.2 Å². The van der Waals surface area contributed by atoms with Gasteiger partial charge in [-0.05, 0) is 36.5 Å². The van der Waals surface area contributed by atoms with Crippen molar-refractivity contribution in [3.05, 3.63) is 65.7 Å². The molecule has 0 unspecified atom stereocenters. The third-order valence-corrected chi connectivity index (χ3v) is 4.64. The van der Waals surface area contributed by atoms with Crippen molar-refractivity contribution in [3.63, 3.8) is 0 Å². The van der Waals surface area contributed by atoms with Crippen molar-refractivity contribution in [2.75, 3.05) is 18.0 Å². The number of carbonyl (C=O) groups is 1. The van der Waals surface area contributed by atoms with Crippen LogP contribution in [0.1, 0.15) is 30.9 Å². The average molecular weight is 308 g/mol. The summed E-state index contributed by atoms with van der Waals surface area (Å²) in [6.07, 6.45) is 1.02. The molecule has 0 radical (unpaired) electrons. The first-order chi connectivity index (χ1) is 11.1. The van der Waals surface area contributed by atoms with E-state index in [1.165, 1.54) is 16.8 Å². The van der Waals surface area contributed by atoms with E-state index in [0.717, 1.165) is 6.42 Å². The highest BCUT2D eigenvalue weighted by Gasteiger charge is 2.26. The molecule has 3 nitrogen and oxygen atoms in total. The van der Waals surface area contributed by atoms with Crippen LogP contribution < -0.4 is 10.2 Å². The Morgan fingerprint density at radius 1 is 1.17 bits per heavy atom. The van der Waals surface area contributed by atoms with Gasteiger partial charge in [0, 0.05) is 18.3 Å². The topological polar surface area (TPSA) is 32.3 Å². The van der Waals surface area contributed by atoms with E-state index >= 15 is 0 Å². The molecule has 0 spiro atoms. The number of carbonyl (C=O) groups excluding carboxylic acids is 1. The number of nitrogens with one attached hydrogen (secondary N) is 1. The van der Waals surface area contributed by atoms with Crippen LogP contribution in [0.15, 0.2) is 54.6 Å². The minimum Gasteiger partial charge on any atom is -0.359 e. The highest BCUT2D eigenvalue weighted by Crippen LogP contribution is 2.31. The number of nitrogens with zero attached hydrogens (tertiary/aromatic N) is 1. The lowest BCUT2D eigenvalue weighted by Gasteiger charge is -2.24. The van der Waals surface area contributed by atoms with Crippen molar-refractivity contribution in [1.82, 2.24) is 5.32 Å². The molecule has 3 rings (SSSR count). The summed E-state index contributed by atoms with van der Waals surface area (Å²) < 4.78 is 0. The first-order valence-corrected chi connectivity index (χ1v) is 8.31. The molecule has 120 valence electrons. The predicted molar refractivity (Wildman–Crippen MR) is 94.8 cm³/mol. The Labute approximate surface area is 138 Å². The molecule has 1 amide bonds. The van der Waals surface area contributed by atoms with Gasteiger partial charge in [-0.1, -0.05) is 55.5 Å². The van der Waals surface area contributed by atoms with E-state index in [1.807, 2.05) is 24.3 Å². The van der Waals surface area contributed by atoms with Crippen LogP contribution in [-0.2, 0) is 11.2 Å². The summed E-state index contributed by atoms with van der Waals surface area (Å²) in [5, 5.41) is 3.08. The van der Waals surface area contributed by atoms with Crippen molar-refractivity contribution < 1.29 is 4.79 Å². The molecule has 1 heterocycles. The molecule has 2 aromatic rings. The molecule has 1 aliphatic heterocycles. The molecule has 0 bridgehead atoms. The number of hydrogen-bond acceptors (Lipinski definition) is 2. The first kappa shape index (κ1) is 15.6. The van der Waals surface area contributed by atoms with Gasteiger partial charge < -0.3 is 10.2 Å². The lowest BCUT2D eigenvalue weighted by molar-refractivity contribution is -0.119. The normalized spacial score (nSPS) is 17.7. The molecule has 1 aliphatic rings. The zero-order chi connectivity index (χ0) is 16.2. The molecule has 0 aliphatic carbocycles. The fourth-order valence-electron chi connectivity index (χ4n) is 3.25. The maximum Gasteiger partial charge on any atom is 0.239 e. The molecule has 2 aromatic carbocycles. The quantitative estimate of drug-likeness (QED) is 0.918. The number of benzene rings is 2. The van der Waals surface area contributed by atoms with E-state index < -0.39 is 0 Å². The molecular formula is C20H24N2O. The summed E-state index contributed by atoms with van der Waals surface area (Å²) >= 11 is 0. The van der Waals surface area contributed by atoms with Crippen molar-refractivity contribution in [3.8, 4) is 0 Å². The molecule has 0 fully saturated rings. The number of hydrogen-bond donors (Lipinski definition) is 1. The van der Waals surface area contributed by atoms with Crippen LogP contribution in [0.4, 0.5) is 5.69 Å². The highest BCUT2D eigenvalue weighted by molar-refractivity contribution is 5.82. The number of anilines is 1. The van der Waals surface area contributed by atoms with Crippen molar-refractivity contribution in [1.29, 1.82) is 0 Å². The monoisotopic (exact) mass is 308 g/mol. The summed E-state index contributed by atoms with van der Waals surface area (Å²) in [5.41, 5.74) is 3.80. The van der Waals surface area contributed by atoms with Gasteiger partial charge in [-0.3, -0.25) is 4.79 Å². The Morgan fingerprint density at radius 3 is 2.65 bits per heavy atom. The minimum absolute atomic E-state index is 0.0938. The maximum absolute atomic E-state index is 12.3. The van der Waals surface area contributed by atoms with Gasteiger partial charge in [-0.25, -0.2) is 0 Å². The zero-order valence-corrected chi connectivity index (χ0v) is 13.8. The number of fused-ring (bicyclic) bond motifs is 1. The molecule has 0 saturated carbocycles. The largest absolute Gasteiger partial charge is 0.359 e. The second kappa shape index (κ2) is 6.86. The molecule has 3 heteroatoms. The van der Waals surface area contributed by atoms with Crippen LogP contribution in [0.25, 0.3) is 0 Å². The Kier molecular flexibility index (Phi) is 4.65. The average Bonchev–Trinajstić information content (AvgIpc) is 2.89. The van der Waals surface area contributed by atoms with E-state index in [1.54, 1.807) is 0 Å². The highest BCUT2D eigenvalue weighted by atomic mass is 16.2. The Morgan fingerprint density at radius 2 is 1.87 bits per heavy atom. The molecule has 23 heavy (non-hydrogen) atoms. The summed E-state index contributed by atoms with van der Waals surface area (Å²) in [4.78, 5) is 14.5. The van der Waals surface area contributed by atoms with Gasteiger partial charge in [0.15, 0.2) is 0 Å². The second-order valence-corrected chi connectivity index (χ2v) is 6.43. The van der Waals surface area contributed by atoms with Gasteiger partial charge in [0.25, 0.3) is 0 Å². The second-order valence-electron chi connectivity index (χ2n) is 6.43. The molecule has 0 aromatic heterocycles. The lowest BCUT2D eigenvalue weighted by atomic mass is 10.0. The van der Waals surface area contributed by atoms with Gasteiger partial charge >= 0.3 is 0 Å². The molecular weight excluding hydrogens is 284 g/mol. The van der Waals surface area contributed by atoms with Crippen LogP contribution in [0.2, 0.25) is 0 Å². The van der Waals surface area contributed by atoms with Gasteiger partial charge in [-0.15, -0.1) is 0 Å². The van der Waals surface area contributed by atoms with Crippen LogP contribution in [0, 0.1) is 0 Å². The van der Waals surface area contributed by atoms with Gasteiger partial charge in [0.2, 0.25) is 5.91 Å². The van der Waals surface area contributed by atoms with E-state index in [4.69, 9.17) is 0 Å². The fourth-order valence-corrected chi connectivity index (χ4v) is 3.25. The van der Waals surface area contributed by atoms with Gasteiger partial charge in [0.1, 0.15) is 0 Å². The smallest absolute Gasteiger partial charge is 0.239 e. The van der Waals surface area contributed by atoms with Crippen molar-refractivity contribution >= 4 is 11.6 Å². The zero-order valence-electron chi connectivity index (χ0n) is 13.8. The van der Waals surface area contributed by atoms with Gasteiger partial charge in [0.05, 0.1) is 6.54 Å². The van der Waals surface area contributed by atoms with Crippen LogP contribution in [0.5, 0.6) is 0 Å². The first-order valence-electron chi connectivity index (χ1n) is 8.31. The van der Waals surface area contributed by atoms with Crippen molar-refractivity contribution in [2.24, 2.45) is 0 Å². The standard InChI is InChI=1S/C20H24N2O/c1-15(17-8-4-3-5-9-17)13-21-20(23)14-22-16(2)12-18-10-6-7-11-19(18)22/h3-11,15-16H,12-14H2,1-2H3,(H,21,23)/t15-,16-/m1/s1. The van der Waals surface area contributed by atoms with Crippen LogP contribution >= 0.6 is 0 Å². The molecule has 2 atom stereocenters. The Bertz CT molecular complexity index is 668. The fraction of sp³-hybridized carbons (Fsp3) is 0.350. The summed E-state index contributed by atoms with van der Waals surface area (Å²) in [6.45, 7) is 5.43. The number of amides is 1. The molecule has 0 saturated heterocycles. The maximum atomic E-state index is 12.3. The Hall–Kier alpha value is -2.29. The van der Waals surface area contributed by atoms with Gasteiger partial charge in [-0.2, -0.15) is 0 Å². The number of rotatable bonds is 5. The molecule has 1 N–H and O–H groups in total. The third-order valence-electron chi connectivity index (χ3n) is 4.64. The van der Waals surface area contributed by atoms with E-state index in [2.05, 4.69) is 54.4 Å². The van der Waals surface area contributed by atoms with Crippen LogP contribution in [-0.4, -0.2) is 25.0 Å². The summed E-state index contributed by atoms with van der Waals surface area (Å²) in [6, 6.07) is 19.1. The Balaban J connectivity index is 1.56. The lowest BCUT2D eigenvalue weighted by Crippen LogP contribution is -2.41. The van der Waals surface area contributed by atoms with E-state index in [9.17, 15) is 4.79 Å².